The van der Waals surface area contributed by atoms with Crippen LogP contribution < -0.4 is 17.2 Å². The number of carbonyl (C=O) groups is 7. The van der Waals surface area contributed by atoms with Gasteiger partial charge in [-0.1, -0.05) is 0 Å². The summed E-state index contributed by atoms with van der Waals surface area (Å²) >= 11 is 0. The highest BCUT2D eigenvalue weighted by atomic mass is 16.4. The Morgan fingerprint density at radius 3 is 1.45 bits per heavy atom. The first-order chi connectivity index (χ1) is 22.4. The van der Waals surface area contributed by atoms with E-state index >= 15 is 0 Å². The number of fused-ring (bicyclic) bond motifs is 1. The molecular weight excluding hydrogens is 632 g/mol. The van der Waals surface area contributed by atoms with E-state index < -0.39 is 34.8 Å². The quantitative estimate of drug-likeness (QED) is 0.218. The number of aliphatic carboxylic acids is 2. The van der Waals surface area contributed by atoms with Crippen LogP contribution in [0, 0.1) is 55.4 Å². The van der Waals surface area contributed by atoms with Gasteiger partial charge in [0.2, 0.25) is 11.8 Å². The van der Waals surface area contributed by atoms with E-state index in [1.54, 1.807) is 0 Å². The minimum Gasteiger partial charge on any atom is -0.480 e. The molecule has 0 spiro atoms. The fourth-order valence-electron chi connectivity index (χ4n) is 5.54. The van der Waals surface area contributed by atoms with Crippen LogP contribution in [-0.2, 0) is 25.7 Å². The van der Waals surface area contributed by atoms with Crippen LogP contribution in [0.15, 0.2) is 0 Å². The van der Waals surface area contributed by atoms with E-state index in [-0.39, 0.29) is 38.1 Å². The standard InChI is InChI=1S/C18H24N2O4.C12H14O2.C6H12N2O3/c1-9-10(2)12(4)15-13(11(9)3)8-20(16(15)22)18(5,17(23)24)7-6-14(19)21;1-7-8(2)10(4)12(6-14)11(5-13)9(7)3;1-6(8,5(10)11)3-2-4(7)9/h6-8H2,1-5H3,(H2,19,21)(H,23,24);5-6H,1-4H3;2-3,8H2,1H3,(H2,7,9)(H,10,11)/p+1. The monoisotopic (exact) mass is 683 g/mol. The molecule has 1 aliphatic rings. The molecule has 1 aliphatic heterocycles. The van der Waals surface area contributed by atoms with Crippen molar-refractivity contribution in [2.75, 3.05) is 0 Å². The Balaban J connectivity index is 0.000000407. The summed E-state index contributed by atoms with van der Waals surface area (Å²) in [6, 6.07) is 0. The average Bonchev–Trinajstić information content (AvgIpc) is 3.39. The van der Waals surface area contributed by atoms with E-state index in [1.807, 2.05) is 55.4 Å². The molecule has 3 rings (SSSR count). The smallest absolute Gasteiger partial charge is 0.365 e. The van der Waals surface area contributed by atoms with Crippen LogP contribution in [0.5, 0.6) is 0 Å². The van der Waals surface area contributed by atoms with Crippen LogP contribution >= 0.6 is 0 Å². The second-order valence-corrected chi connectivity index (χ2v) is 13.2. The third-order valence-corrected chi connectivity index (χ3v) is 9.97. The van der Waals surface area contributed by atoms with Gasteiger partial charge in [-0.05, 0) is 119 Å². The number of hydrogen-bond acceptors (Lipinski definition) is 7. The fourth-order valence-corrected chi connectivity index (χ4v) is 5.54. The average molecular weight is 684 g/mol. The first-order valence-electron chi connectivity index (χ1n) is 15.7. The van der Waals surface area contributed by atoms with Crippen molar-refractivity contribution in [3.63, 3.8) is 0 Å². The Bertz CT molecular complexity index is 1660. The number of carboxylic acid groups (broad SMARTS) is 2. The number of carboxylic acids is 2. The number of carbonyl (C=O) groups excluding carboxylic acids is 5. The highest BCUT2D eigenvalue weighted by molar-refractivity contribution is 6.03. The normalized spacial score (nSPS) is 14.2. The van der Waals surface area contributed by atoms with Gasteiger partial charge in [0.05, 0.1) is 0 Å². The van der Waals surface area contributed by atoms with Crippen LogP contribution in [0.25, 0.3) is 0 Å². The van der Waals surface area contributed by atoms with Crippen LogP contribution in [0.4, 0.5) is 0 Å². The molecule has 2 atom stereocenters. The summed E-state index contributed by atoms with van der Waals surface area (Å²) in [6.45, 7) is 18.7. The lowest BCUT2D eigenvalue weighted by atomic mass is 9.90. The molecule has 9 N–H and O–H groups in total. The van der Waals surface area contributed by atoms with E-state index in [0.29, 0.717) is 16.7 Å². The zero-order valence-corrected chi connectivity index (χ0v) is 30.3. The van der Waals surface area contributed by atoms with Gasteiger partial charge < -0.3 is 32.3 Å². The van der Waals surface area contributed by atoms with Gasteiger partial charge in [0.15, 0.2) is 18.1 Å². The zero-order chi connectivity index (χ0) is 38.3. The van der Waals surface area contributed by atoms with Crippen LogP contribution in [0.1, 0.15) is 121 Å². The summed E-state index contributed by atoms with van der Waals surface area (Å²) < 4.78 is 0. The Morgan fingerprint density at radius 2 is 1.08 bits per heavy atom. The molecule has 0 fully saturated rings. The second-order valence-electron chi connectivity index (χ2n) is 13.2. The number of nitrogens with two attached hydrogens (primary N) is 2. The van der Waals surface area contributed by atoms with Gasteiger partial charge in [-0.15, -0.1) is 0 Å². The molecule has 49 heavy (non-hydrogen) atoms. The molecular formula is C36H51N4O9+. The predicted octanol–water partition coefficient (Wildman–Crippen LogP) is 2.87. The molecule has 1 heterocycles. The molecule has 3 amide bonds. The van der Waals surface area contributed by atoms with E-state index in [1.165, 1.54) is 18.7 Å². The van der Waals surface area contributed by atoms with Crippen molar-refractivity contribution in [1.82, 2.24) is 4.90 Å². The number of rotatable bonds is 11. The molecule has 13 nitrogen and oxygen atoms in total. The minimum atomic E-state index is -1.47. The van der Waals surface area contributed by atoms with Gasteiger partial charge in [0.25, 0.3) is 5.91 Å². The highest BCUT2D eigenvalue weighted by Crippen LogP contribution is 2.38. The summed E-state index contributed by atoms with van der Waals surface area (Å²) in [6.07, 6.45) is 1.67. The van der Waals surface area contributed by atoms with Gasteiger partial charge in [0, 0.05) is 49.4 Å². The van der Waals surface area contributed by atoms with E-state index in [4.69, 9.17) is 16.6 Å². The lowest BCUT2D eigenvalue weighted by Crippen LogP contribution is -2.75. The van der Waals surface area contributed by atoms with Crippen molar-refractivity contribution < 1.29 is 49.5 Å². The number of nitrogens with zero attached hydrogens (tertiary/aromatic N) is 1. The Kier molecular flexibility index (Phi) is 14.2. The van der Waals surface area contributed by atoms with Gasteiger partial charge >= 0.3 is 11.9 Å². The summed E-state index contributed by atoms with van der Waals surface area (Å²) in [5.74, 6) is -3.51. The lowest BCUT2D eigenvalue weighted by Gasteiger charge is -2.34. The number of amides is 3. The van der Waals surface area contributed by atoms with E-state index in [2.05, 4.69) is 5.73 Å². The first kappa shape index (κ1) is 42.1. The molecule has 2 unspecified atom stereocenters. The van der Waals surface area contributed by atoms with Crippen LogP contribution in [0.2, 0.25) is 0 Å². The van der Waals surface area contributed by atoms with Crippen molar-refractivity contribution >= 4 is 42.2 Å². The van der Waals surface area contributed by atoms with Crippen molar-refractivity contribution in [3.05, 3.63) is 66.8 Å². The summed E-state index contributed by atoms with van der Waals surface area (Å²) in [7, 11) is 0. The molecule has 268 valence electrons. The van der Waals surface area contributed by atoms with Crippen molar-refractivity contribution in [2.24, 2.45) is 11.5 Å². The number of primary amides is 2. The molecule has 0 aromatic heterocycles. The predicted molar refractivity (Wildman–Crippen MR) is 183 cm³/mol. The number of quaternary nitrogens is 1. The molecule has 0 saturated carbocycles. The summed E-state index contributed by atoms with van der Waals surface area (Å²) in [5.41, 5.74) is 21.5. The number of hydrogen-bond donors (Lipinski definition) is 5. The first-order valence-corrected chi connectivity index (χ1v) is 15.7. The largest absolute Gasteiger partial charge is 0.480 e. The molecule has 0 bridgehead atoms. The molecule has 2 aromatic carbocycles. The summed E-state index contributed by atoms with van der Waals surface area (Å²) in [5, 5.41) is 18.2. The lowest BCUT2D eigenvalue weighted by molar-refractivity contribution is -0.457. The molecule has 0 radical (unpaired) electrons. The molecule has 0 aliphatic carbocycles. The summed E-state index contributed by atoms with van der Waals surface area (Å²) in [4.78, 5) is 79.7. The van der Waals surface area contributed by atoms with E-state index in [0.717, 1.165) is 62.6 Å². The van der Waals surface area contributed by atoms with Crippen molar-refractivity contribution in [3.8, 4) is 0 Å². The van der Waals surface area contributed by atoms with Crippen LogP contribution in [-0.4, -0.2) is 68.4 Å². The van der Waals surface area contributed by atoms with Gasteiger partial charge in [-0.2, -0.15) is 0 Å². The Morgan fingerprint density at radius 1 is 0.694 bits per heavy atom. The highest BCUT2D eigenvalue weighted by Gasteiger charge is 2.47. The fraction of sp³-hybridized carbons (Fsp3) is 0.472. The third kappa shape index (κ3) is 9.17. The number of aldehydes is 2. The SMILES string of the molecule is CC([NH3+])(CCC(N)=O)C(=O)O.Cc1c(C)c(C)c(C=O)c(C=O)c1C.Cc1c(C)c(C)c2c(c1C)CN(C(C)(CCC(N)=O)C(=O)O)C2=O. The Hall–Kier alpha value is -4.91. The van der Waals surface area contributed by atoms with Gasteiger partial charge in [0.1, 0.15) is 5.54 Å². The maximum Gasteiger partial charge on any atom is 0.365 e. The second kappa shape index (κ2) is 16.5. The van der Waals surface area contributed by atoms with Gasteiger partial charge in [-0.3, -0.25) is 24.0 Å². The minimum absolute atomic E-state index is 0.00649. The van der Waals surface area contributed by atoms with Crippen molar-refractivity contribution in [1.29, 1.82) is 0 Å². The van der Waals surface area contributed by atoms with Crippen LogP contribution in [0.3, 0.4) is 0 Å². The van der Waals surface area contributed by atoms with Crippen molar-refractivity contribution in [2.45, 2.75) is 113 Å². The third-order valence-electron chi connectivity index (χ3n) is 9.97. The van der Waals surface area contributed by atoms with E-state index in [9.17, 15) is 38.7 Å². The maximum atomic E-state index is 13.0. The topological polar surface area (TPSA) is 243 Å². The molecule has 0 saturated heterocycles. The Labute approximate surface area is 287 Å². The molecule has 13 heteroatoms. The number of benzene rings is 2. The van der Waals surface area contributed by atoms with Gasteiger partial charge in [-0.25, -0.2) is 9.59 Å². The maximum absolute atomic E-state index is 13.0. The molecule has 2 aromatic rings. The zero-order valence-electron chi connectivity index (χ0n) is 30.3.